The maximum absolute atomic E-state index is 11.4. The summed E-state index contributed by atoms with van der Waals surface area (Å²) >= 11 is 4.16. The fourth-order valence-corrected chi connectivity index (χ4v) is 5.48. The van der Waals surface area contributed by atoms with Gasteiger partial charge >= 0.3 is 15.2 Å². The van der Waals surface area contributed by atoms with Crippen molar-refractivity contribution in [3.8, 4) is 0 Å². The Hall–Kier alpha value is 0.570. The number of aliphatic hydroxyl groups is 1. The molecule has 11 heteroatoms. The van der Waals surface area contributed by atoms with E-state index in [1.165, 1.54) is 0 Å². The summed E-state index contributed by atoms with van der Waals surface area (Å²) in [5.41, 5.74) is 0. The Bertz CT molecular complexity index is 444. The van der Waals surface area contributed by atoms with Crippen molar-refractivity contribution in [1.29, 1.82) is 0 Å². The van der Waals surface area contributed by atoms with Crippen molar-refractivity contribution < 1.29 is 33.8 Å². The average molecular weight is 391 g/mol. The highest BCUT2D eigenvalue weighted by atomic mass is 32.1. The van der Waals surface area contributed by atoms with Crippen LogP contribution in [0.4, 0.5) is 0 Å². The number of unbranched alkanes of at least 4 members (excludes halogenated alkanes) is 1. The van der Waals surface area contributed by atoms with Gasteiger partial charge in [-0.2, -0.15) is 12.6 Å². The number of nitrogens with one attached hydrogen (secondary N) is 1. The minimum atomic E-state index is -5.36. The van der Waals surface area contributed by atoms with Crippen molar-refractivity contribution >= 4 is 27.8 Å². The lowest BCUT2D eigenvalue weighted by atomic mass is 9.80. The van der Waals surface area contributed by atoms with Crippen molar-refractivity contribution in [1.82, 2.24) is 5.32 Å². The maximum atomic E-state index is 11.4. The van der Waals surface area contributed by atoms with Crippen molar-refractivity contribution in [2.45, 2.75) is 43.6 Å². The Balaban J connectivity index is 2.75. The lowest BCUT2D eigenvalue weighted by molar-refractivity contribution is 0.106. The predicted molar refractivity (Wildman–Crippen MR) is 90.4 cm³/mol. The van der Waals surface area contributed by atoms with Crippen molar-refractivity contribution in [3.05, 3.63) is 0 Å². The summed E-state index contributed by atoms with van der Waals surface area (Å²) in [6.45, 7) is 1.51. The van der Waals surface area contributed by atoms with Crippen LogP contribution >= 0.6 is 27.8 Å². The van der Waals surface area contributed by atoms with Crippen LogP contribution in [0.2, 0.25) is 0 Å². The Labute approximate surface area is 141 Å². The summed E-state index contributed by atoms with van der Waals surface area (Å²) in [6, 6.07) is 0. The number of hydrogen-bond donors (Lipinski definition) is 7. The number of hydrogen-bond acceptors (Lipinski definition) is 5. The topological polar surface area (TPSA) is 147 Å². The molecule has 0 aromatic rings. The zero-order valence-corrected chi connectivity index (χ0v) is 15.6. The van der Waals surface area contributed by atoms with Gasteiger partial charge in [0.25, 0.3) is 5.08 Å². The minimum absolute atomic E-state index is 0.0702. The smallest absolute Gasteiger partial charge is 0.368 e. The lowest BCUT2D eigenvalue weighted by Crippen LogP contribution is -2.38. The number of piperidine rings is 1. The number of rotatable bonds is 9. The second kappa shape index (κ2) is 8.79. The molecule has 2 unspecified atom stereocenters. The standard InChI is InChI=1S/C12H27NO7P2S/c14-12(21(15,16)17,22(18,19)20)6-4-10-5-7-13-9-11(10)3-1-2-8-23/h10-11,13-14,23H,1-9H2,(H2,15,16,17)(H2,18,19,20). The average Bonchev–Trinajstić information content (AvgIpc) is 2.43. The SMILES string of the molecule is O=P(O)(O)C(O)(CCC1CCNCC1CCCCS)P(=O)(O)O. The Kier molecular flexibility index (Phi) is 8.26. The van der Waals surface area contributed by atoms with Gasteiger partial charge < -0.3 is 30.0 Å². The van der Waals surface area contributed by atoms with Crippen LogP contribution in [0.1, 0.15) is 38.5 Å². The van der Waals surface area contributed by atoms with E-state index < -0.39 is 26.7 Å². The minimum Gasteiger partial charge on any atom is -0.368 e. The Morgan fingerprint density at radius 2 is 1.65 bits per heavy atom. The van der Waals surface area contributed by atoms with E-state index in [1.54, 1.807) is 0 Å². The molecule has 1 fully saturated rings. The predicted octanol–water partition coefficient (Wildman–Crippen LogP) is 1.09. The van der Waals surface area contributed by atoms with E-state index in [4.69, 9.17) is 0 Å². The van der Waals surface area contributed by atoms with E-state index >= 15 is 0 Å². The molecule has 1 saturated heterocycles. The molecule has 1 heterocycles. The second-order valence-electron chi connectivity index (χ2n) is 6.13. The van der Waals surface area contributed by atoms with Gasteiger partial charge in [0.2, 0.25) is 0 Å². The van der Waals surface area contributed by atoms with E-state index in [2.05, 4.69) is 17.9 Å². The summed E-state index contributed by atoms with van der Waals surface area (Å²) < 4.78 is 22.8. The van der Waals surface area contributed by atoms with Gasteiger partial charge in [-0.3, -0.25) is 9.13 Å². The van der Waals surface area contributed by atoms with Gasteiger partial charge in [0.15, 0.2) is 0 Å². The highest BCUT2D eigenvalue weighted by molar-refractivity contribution is 7.80. The quantitative estimate of drug-likeness (QED) is 0.176. The van der Waals surface area contributed by atoms with E-state index in [-0.39, 0.29) is 18.3 Å². The number of thiol groups is 1. The molecule has 138 valence electrons. The maximum Gasteiger partial charge on any atom is 0.369 e. The molecular weight excluding hydrogens is 364 g/mol. The molecule has 1 aliphatic heterocycles. The molecule has 23 heavy (non-hydrogen) atoms. The molecule has 0 aliphatic carbocycles. The first-order valence-corrected chi connectivity index (χ1v) is 11.5. The van der Waals surface area contributed by atoms with E-state index in [1.807, 2.05) is 0 Å². The summed E-state index contributed by atoms with van der Waals surface area (Å²) in [5.74, 6) is 1.13. The monoisotopic (exact) mass is 391 g/mol. The Morgan fingerprint density at radius 1 is 1.04 bits per heavy atom. The highest BCUT2D eigenvalue weighted by Gasteiger charge is 2.59. The third-order valence-electron chi connectivity index (χ3n) is 4.53. The highest BCUT2D eigenvalue weighted by Crippen LogP contribution is 2.69. The molecular formula is C12H27NO7P2S. The van der Waals surface area contributed by atoms with Crippen LogP contribution in [0.5, 0.6) is 0 Å². The zero-order chi connectivity index (χ0) is 17.7. The van der Waals surface area contributed by atoms with Crippen LogP contribution in [-0.2, 0) is 9.13 Å². The normalized spacial score (nSPS) is 23.9. The van der Waals surface area contributed by atoms with E-state index in [9.17, 15) is 33.8 Å². The molecule has 6 N–H and O–H groups in total. The summed E-state index contributed by atoms with van der Waals surface area (Å²) in [7, 11) is -10.7. The molecule has 0 saturated carbocycles. The first kappa shape index (κ1) is 21.6. The van der Waals surface area contributed by atoms with Crippen molar-refractivity contribution in [2.75, 3.05) is 18.8 Å². The molecule has 2 atom stereocenters. The van der Waals surface area contributed by atoms with Crippen molar-refractivity contribution in [3.63, 3.8) is 0 Å². The third kappa shape index (κ3) is 5.80. The summed E-state index contributed by atoms with van der Waals surface area (Å²) in [5, 5.41) is 9.93. The molecule has 1 aliphatic rings. The van der Waals surface area contributed by atoms with E-state index in [0.29, 0.717) is 0 Å². The largest absolute Gasteiger partial charge is 0.369 e. The fraction of sp³-hybridized carbons (Fsp3) is 1.00. The molecule has 0 bridgehead atoms. The van der Waals surface area contributed by atoms with Crippen LogP contribution in [0.15, 0.2) is 0 Å². The summed E-state index contributed by atoms with van der Waals surface area (Å²) in [4.78, 5) is 36.8. The van der Waals surface area contributed by atoms with Crippen LogP contribution in [-0.4, -0.2) is 48.6 Å². The summed E-state index contributed by atoms with van der Waals surface area (Å²) in [6.07, 6.45) is 3.18. The van der Waals surface area contributed by atoms with Crippen LogP contribution < -0.4 is 5.32 Å². The third-order valence-corrected chi connectivity index (χ3v) is 8.72. The van der Waals surface area contributed by atoms with E-state index in [0.717, 1.165) is 44.5 Å². The molecule has 0 spiro atoms. The first-order chi connectivity index (χ1) is 10.5. The van der Waals surface area contributed by atoms with Gasteiger partial charge in [-0.1, -0.05) is 6.42 Å². The van der Waals surface area contributed by atoms with Gasteiger partial charge in [-0.25, -0.2) is 0 Å². The molecule has 0 aromatic carbocycles. The van der Waals surface area contributed by atoms with Gasteiger partial charge in [0, 0.05) is 6.42 Å². The van der Waals surface area contributed by atoms with Gasteiger partial charge in [-0.15, -0.1) is 0 Å². The van der Waals surface area contributed by atoms with Gasteiger partial charge in [0.1, 0.15) is 0 Å². The second-order valence-corrected chi connectivity index (χ2v) is 10.6. The lowest BCUT2D eigenvalue weighted by Gasteiger charge is -2.35. The van der Waals surface area contributed by atoms with Crippen molar-refractivity contribution in [2.24, 2.45) is 11.8 Å². The Morgan fingerprint density at radius 3 is 2.17 bits per heavy atom. The molecule has 0 amide bonds. The molecule has 0 radical (unpaired) electrons. The fourth-order valence-electron chi connectivity index (χ4n) is 3.05. The van der Waals surface area contributed by atoms with Crippen LogP contribution in [0.25, 0.3) is 0 Å². The van der Waals surface area contributed by atoms with Gasteiger partial charge in [0.05, 0.1) is 0 Å². The molecule has 8 nitrogen and oxygen atoms in total. The molecule has 0 aromatic heterocycles. The van der Waals surface area contributed by atoms with Gasteiger partial charge in [-0.05, 0) is 56.4 Å². The van der Waals surface area contributed by atoms with Crippen LogP contribution in [0.3, 0.4) is 0 Å². The van der Waals surface area contributed by atoms with Crippen LogP contribution in [0, 0.1) is 11.8 Å². The first-order valence-electron chi connectivity index (χ1n) is 7.68. The molecule has 1 rings (SSSR count). The zero-order valence-electron chi connectivity index (χ0n) is 12.9.